The van der Waals surface area contributed by atoms with Gasteiger partial charge in [0.2, 0.25) is 0 Å². The Morgan fingerprint density at radius 2 is 2.67 bits per heavy atom. The highest BCUT2D eigenvalue weighted by Gasteiger charge is 2.18. The number of hydrogen-bond acceptors (Lipinski definition) is 2. The van der Waals surface area contributed by atoms with Crippen molar-refractivity contribution in [1.29, 1.82) is 0 Å². The molecule has 0 aliphatic carbocycles. The summed E-state index contributed by atoms with van der Waals surface area (Å²) in [6.45, 7) is 1.04. The summed E-state index contributed by atoms with van der Waals surface area (Å²) in [7, 11) is 0. The Labute approximate surface area is 53.5 Å². The largest absolute Gasteiger partial charge is 0.334 e. The SMILES string of the molecule is NC1CCn2ccnc21. The third kappa shape index (κ3) is 0.580. The van der Waals surface area contributed by atoms with Crippen molar-refractivity contribution in [3.63, 3.8) is 0 Å². The van der Waals surface area contributed by atoms with Gasteiger partial charge in [0.05, 0.1) is 6.04 Å². The number of nitrogens with zero attached hydrogens (tertiary/aromatic N) is 2. The second kappa shape index (κ2) is 1.57. The van der Waals surface area contributed by atoms with E-state index in [1.54, 1.807) is 6.20 Å². The minimum absolute atomic E-state index is 0.181. The molecule has 0 radical (unpaired) electrons. The molecule has 3 nitrogen and oxygen atoms in total. The van der Waals surface area contributed by atoms with Crippen LogP contribution in [0.5, 0.6) is 0 Å². The molecule has 1 unspecified atom stereocenters. The number of fused-ring (bicyclic) bond motifs is 1. The summed E-state index contributed by atoms with van der Waals surface area (Å²) in [4.78, 5) is 4.12. The molecule has 2 N–H and O–H groups in total. The molecule has 0 fully saturated rings. The molecular formula is C6H9N3. The average molecular weight is 123 g/mol. The first-order chi connectivity index (χ1) is 4.38. The first kappa shape index (κ1) is 4.99. The fourth-order valence-corrected chi connectivity index (χ4v) is 1.25. The molecule has 3 heteroatoms. The Balaban J connectivity index is 2.49. The van der Waals surface area contributed by atoms with E-state index in [2.05, 4.69) is 9.55 Å². The van der Waals surface area contributed by atoms with Crippen LogP contribution in [0.4, 0.5) is 0 Å². The molecule has 0 saturated heterocycles. The maximum atomic E-state index is 5.71. The minimum Gasteiger partial charge on any atom is -0.334 e. The average Bonchev–Trinajstić information content (AvgIpc) is 2.35. The van der Waals surface area contributed by atoms with Gasteiger partial charge in [-0.05, 0) is 6.42 Å². The van der Waals surface area contributed by atoms with Gasteiger partial charge in [-0.1, -0.05) is 0 Å². The van der Waals surface area contributed by atoms with Crippen molar-refractivity contribution in [2.45, 2.75) is 19.0 Å². The van der Waals surface area contributed by atoms with Gasteiger partial charge in [0.25, 0.3) is 0 Å². The number of aryl methyl sites for hydroxylation is 1. The summed E-state index contributed by atoms with van der Waals surface area (Å²) in [5, 5.41) is 0. The molecule has 0 bridgehead atoms. The van der Waals surface area contributed by atoms with Gasteiger partial charge in [-0.15, -0.1) is 0 Å². The van der Waals surface area contributed by atoms with E-state index < -0.39 is 0 Å². The summed E-state index contributed by atoms with van der Waals surface area (Å²) < 4.78 is 2.10. The highest BCUT2D eigenvalue weighted by molar-refractivity contribution is 5.02. The van der Waals surface area contributed by atoms with Crippen LogP contribution in [-0.4, -0.2) is 9.55 Å². The Bertz CT molecular complexity index is 216. The summed E-state index contributed by atoms with van der Waals surface area (Å²) in [5.41, 5.74) is 5.71. The quantitative estimate of drug-likeness (QED) is 0.538. The van der Waals surface area contributed by atoms with Crippen LogP contribution in [0, 0.1) is 0 Å². The van der Waals surface area contributed by atoms with Crippen molar-refractivity contribution in [2.24, 2.45) is 5.73 Å². The van der Waals surface area contributed by atoms with Gasteiger partial charge in [0, 0.05) is 18.9 Å². The zero-order valence-corrected chi connectivity index (χ0v) is 5.12. The summed E-state index contributed by atoms with van der Waals surface area (Å²) in [6.07, 6.45) is 4.82. The number of nitrogens with two attached hydrogens (primary N) is 1. The van der Waals surface area contributed by atoms with Crippen molar-refractivity contribution < 1.29 is 0 Å². The lowest BCUT2D eigenvalue weighted by Crippen LogP contribution is -2.06. The lowest BCUT2D eigenvalue weighted by molar-refractivity contribution is 0.678. The van der Waals surface area contributed by atoms with E-state index >= 15 is 0 Å². The lowest BCUT2D eigenvalue weighted by Gasteiger charge is -1.95. The van der Waals surface area contributed by atoms with Gasteiger partial charge in [-0.2, -0.15) is 0 Å². The maximum Gasteiger partial charge on any atom is 0.125 e. The molecule has 1 aliphatic rings. The maximum absolute atomic E-state index is 5.71. The van der Waals surface area contributed by atoms with Crippen LogP contribution < -0.4 is 5.73 Å². The van der Waals surface area contributed by atoms with Crippen LogP contribution in [0.2, 0.25) is 0 Å². The van der Waals surface area contributed by atoms with Crippen LogP contribution in [0.25, 0.3) is 0 Å². The van der Waals surface area contributed by atoms with Gasteiger partial charge in [0.15, 0.2) is 0 Å². The fraction of sp³-hybridized carbons (Fsp3) is 0.500. The standard InChI is InChI=1S/C6H9N3/c7-5-1-3-9-4-2-8-6(5)9/h2,4-5H,1,3,7H2. The van der Waals surface area contributed by atoms with Crippen molar-refractivity contribution in [3.05, 3.63) is 18.2 Å². The molecule has 9 heavy (non-hydrogen) atoms. The predicted octanol–water partition coefficient (Wildman–Crippen LogP) is 0.287. The van der Waals surface area contributed by atoms with Crippen LogP contribution in [-0.2, 0) is 6.54 Å². The summed E-state index contributed by atoms with van der Waals surface area (Å²) in [6, 6.07) is 0.181. The van der Waals surface area contributed by atoms with Gasteiger partial charge in [-0.25, -0.2) is 4.98 Å². The number of aromatic nitrogens is 2. The van der Waals surface area contributed by atoms with E-state index in [0.29, 0.717) is 0 Å². The molecule has 1 aromatic heterocycles. The molecule has 1 aromatic rings. The number of hydrogen-bond donors (Lipinski definition) is 1. The fourth-order valence-electron chi connectivity index (χ4n) is 1.25. The van der Waals surface area contributed by atoms with E-state index in [-0.39, 0.29) is 6.04 Å². The second-order valence-corrected chi connectivity index (χ2v) is 2.37. The van der Waals surface area contributed by atoms with Gasteiger partial charge >= 0.3 is 0 Å². The number of imidazole rings is 1. The molecule has 0 amide bonds. The van der Waals surface area contributed by atoms with Gasteiger partial charge in [0.1, 0.15) is 5.82 Å². The Kier molecular flexibility index (Phi) is 0.873. The van der Waals surface area contributed by atoms with E-state index in [9.17, 15) is 0 Å². The molecule has 0 spiro atoms. The first-order valence-electron chi connectivity index (χ1n) is 3.14. The molecule has 48 valence electrons. The summed E-state index contributed by atoms with van der Waals surface area (Å²) in [5.74, 6) is 1.04. The molecule has 0 saturated carbocycles. The molecule has 1 aliphatic heterocycles. The highest BCUT2D eigenvalue weighted by atomic mass is 15.1. The van der Waals surface area contributed by atoms with E-state index in [1.165, 1.54) is 0 Å². The van der Waals surface area contributed by atoms with Crippen molar-refractivity contribution in [2.75, 3.05) is 0 Å². The molecule has 1 atom stereocenters. The monoisotopic (exact) mass is 123 g/mol. The Morgan fingerprint density at radius 1 is 1.78 bits per heavy atom. The minimum atomic E-state index is 0.181. The lowest BCUT2D eigenvalue weighted by atomic mass is 10.3. The summed E-state index contributed by atoms with van der Waals surface area (Å²) >= 11 is 0. The normalized spacial score (nSPS) is 24.3. The topological polar surface area (TPSA) is 43.8 Å². The van der Waals surface area contributed by atoms with Crippen molar-refractivity contribution >= 4 is 0 Å². The van der Waals surface area contributed by atoms with E-state index in [4.69, 9.17) is 5.73 Å². The first-order valence-corrected chi connectivity index (χ1v) is 3.14. The smallest absolute Gasteiger partial charge is 0.125 e. The zero-order valence-electron chi connectivity index (χ0n) is 5.12. The molecule has 0 aromatic carbocycles. The van der Waals surface area contributed by atoms with Crippen LogP contribution in [0.1, 0.15) is 18.3 Å². The molecule has 2 rings (SSSR count). The van der Waals surface area contributed by atoms with Gasteiger partial charge < -0.3 is 10.3 Å². The molecule has 2 heterocycles. The van der Waals surface area contributed by atoms with Crippen LogP contribution in [0.3, 0.4) is 0 Å². The number of rotatable bonds is 0. The van der Waals surface area contributed by atoms with E-state index in [0.717, 1.165) is 18.8 Å². The van der Waals surface area contributed by atoms with Gasteiger partial charge in [-0.3, -0.25) is 0 Å². The third-order valence-corrected chi connectivity index (χ3v) is 1.76. The van der Waals surface area contributed by atoms with E-state index in [1.807, 2.05) is 6.20 Å². The molecular weight excluding hydrogens is 114 g/mol. The zero-order chi connectivity index (χ0) is 6.27. The second-order valence-electron chi connectivity index (χ2n) is 2.37. The van der Waals surface area contributed by atoms with Crippen LogP contribution in [0.15, 0.2) is 12.4 Å². The van der Waals surface area contributed by atoms with Crippen molar-refractivity contribution in [3.8, 4) is 0 Å². The highest BCUT2D eigenvalue weighted by Crippen LogP contribution is 2.19. The predicted molar refractivity (Wildman–Crippen MR) is 33.8 cm³/mol. The third-order valence-electron chi connectivity index (χ3n) is 1.76. The van der Waals surface area contributed by atoms with Crippen molar-refractivity contribution in [1.82, 2.24) is 9.55 Å². The Hall–Kier alpha value is -0.830. The Morgan fingerprint density at radius 3 is 3.44 bits per heavy atom. The van der Waals surface area contributed by atoms with Crippen LogP contribution >= 0.6 is 0 Å².